The van der Waals surface area contributed by atoms with Gasteiger partial charge in [-0.05, 0) is 28.1 Å². The summed E-state index contributed by atoms with van der Waals surface area (Å²) in [6.07, 6.45) is 0. The Morgan fingerprint density at radius 1 is 1.53 bits per heavy atom. The van der Waals surface area contributed by atoms with Crippen LogP contribution < -0.4 is 5.73 Å². The van der Waals surface area contributed by atoms with Gasteiger partial charge in [0.15, 0.2) is 5.78 Å². The molecular weight excluding hydrogens is 261 g/mol. The summed E-state index contributed by atoms with van der Waals surface area (Å²) in [5.74, 6) is -0.798. The van der Waals surface area contributed by atoms with Gasteiger partial charge in [-0.3, -0.25) is 4.79 Å². The topological polar surface area (TPSA) is 43.1 Å². The van der Waals surface area contributed by atoms with E-state index in [1.165, 1.54) is 6.07 Å². The molecule has 0 aliphatic heterocycles. The van der Waals surface area contributed by atoms with Crippen LogP contribution in [0.15, 0.2) is 22.7 Å². The zero-order chi connectivity index (χ0) is 11.6. The zero-order valence-corrected chi connectivity index (χ0v) is 10.3. The molecule has 1 aromatic rings. The fourth-order valence-corrected chi connectivity index (χ4v) is 1.50. The maximum atomic E-state index is 13.6. The second-order valence-electron chi connectivity index (χ2n) is 4.02. The van der Waals surface area contributed by atoms with Gasteiger partial charge in [0.05, 0.1) is 10.0 Å². The van der Waals surface area contributed by atoms with Crippen LogP contribution in [0, 0.1) is 11.2 Å². The van der Waals surface area contributed by atoms with E-state index < -0.39 is 11.2 Å². The van der Waals surface area contributed by atoms with Crippen LogP contribution in [0.5, 0.6) is 0 Å². The van der Waals surface area contributed by atoms with E-state index in [4.69, 9.17) is 5.73 Å². The Morgan fingerprint density at radius 3 is 2.67 bits per heavy atom. The monoisotopic (exact) mass is 273 g/mol. The van der Waals surface area contributed by atoms with Crippen LogP contribution in [0.3, 0.4) is 0 Å². The van der Waals surface area contributed by atoms with Crippen LogP contribution in [-0.4, -0.2) is 12.3 Å². The number of nitrogens with two attached hydrogens (primary N) is 1. The molecule has 0 amide bonds. The van der Waals surface area contributed by atoms with Crippen LogP contribution in [0.2, 0.25) is 0 Å². The van der Waals surface area contributed by atoms with Crippen molar-refractivity contribution < 1.29 is 9.18 Å². The largest absolute Gasteiger partial charge is 0.329 e. The van der Waals surface area contributed by atoms with E-state index in [9.17, 15) is 9.18 Å². The second-order valence-corrected chi connectivity index (χ2v) is 4.87. The number of hydrogen-bond acceptors (Lipinski definition) is 2. The molecule has 0 atom stereocenters. The number of carbonyl (C=O) groups excluding carboxylic acids is 1. The molecule has 2 nitrogen and oxygen atoms in total. The quantitative estimate of drug-likeness (QED) is 0.861. The SMILES string of the molecule is CC(C)(CN)C(=O)c1cccc(Br)c1F. The van der Waals surface area contributed by atoms with Crippen LogP contribution in [0.4, 0.5) is 4.39 Å². The Labute approximate surface area is 96.8 Å². The summed E-state index contributed by atoms with van der Waals surface area (Å²) in [5, 5.41) is 0. The minimum Gasteiger partial charge on any atom is -0.329 e. The molecule has 0 bridgehead atoms. The van der Waals surface area contributed by atoms with Crippen molar-refractivity contribution in [3.05, 3.63) is 34.1 Å². The molecule has 82 valence electrons. The zero-order valence-electron chi connectivity index (χ0n) is 8.68. The molecule has 1 rings (SSSR count). The molecular formula is C11H13BrFNO. The molecule has 0 fully saturated rings. The normalized spacial score (nSPS) is 11.5. The summed E-state index contributed by atoms with van der Waals surface area (Å²) in [5.41, 5.74) is 4.83. The van der Waals surface area contributed by atoms with Crippen LogP contribution in [-0.2, 0) is 0 Å². The van der Waals surface area contributed by atoms with E-state index in [0.29, 0.717) is 4.47 Å². The molecule has 0 aliphatic carbocycles. The third-order valence-electron chi connectivity index (χ3n) is 2.32. The van der Waals surface area contributed by atoms with E-state index >= 15 is 0 Å². The van der Waals surface area contributed by atoms with Gasteiger partial charge in [-0.1, -0.05) is 19.9 Å². The lowest BCUT2D eigenvalue weighted by Crippen LogP contribution is -2.33. The molecule has 0 aromatic heterocycles. The summed E-state index contributed by atoms with van der Waals surface area (Å²) < 4.78 is 13.9. The van der Waals surface area contributed by atoms with Gasteiger partial charge in [0.2, 0.25) is 0 Å². The number of carbonyl (C=O) groups is 1. The Hall–Kier alpha value is -0.740. The standard InChI is InChI=1S/C11H13BrFNO/c1-11(2,6-14)10(15)7-4-3-5-8(12)9(7)13/h3-5H,6,14H2,1-2H3. The Morgan fingerprint density at radius 2 is 2.13 bits per heavy atom. The molecule has 2 N–H and O–H groups in total. The summed E-state index contributed by atoms with van der Waals surface area (Å²) in [4.78, 5) is 11.9. The second kappa shape index (κ2) is 4.41. The van der Waals surface area contributed by atoms with Crippen molar-refractivity contribution in [3.8, 4) is 0 Å². The van der Waals surface area contributed by atoms with Crippen molar-refractivity contribution >= 4 is 21.7 Å². The highest BCUT2D eigenvalue weighted by Gasteiger charge is 2.29. The maximum absolute atomic E-state index is 13.6. The number of ketones is 1. The van der Waals surface area contributed by atoms with Crippen LogP contribution in [0.1, 0.15) is 24.2 Å². The molecule has 0 saturated carbocycles. The van der Waals surface area contributed by atoms with Gasteiger partial charge in [-0.15, -0.1) is 0 Å². The molecule has 0 spiro atoms. The number of halogens is 2. The molecule has 15 heavy (non-hydrogen) atoms. The highest BCUT2D eigenvalue weighted by Crippen LogP contribution is 2.25. The van der Waals surface area contributed by atoms with Crippen molar-refractivity contribution in [2.45, 2.75) is 13.8 Å². The van der Waals surface area contributed by atoms with Crippen molar-refractivity contribution in [1.82, 2.24) is 0 Å². The highest BCUT2D eigenvalue weighted by molar-refractivity contribution is 9.10. The predicted molar refractivity (Wildman–Crippen MR) is 61.3 cm³/mol. The van der Waals surface area contributed by atoms with Crippen LogP contribution >= 0.6 is 15.9 Å². The Balaban J connectivity index is 3.18. The smallest absolute Gasteiger partial charge is 0.172 e. The predicted octanol–water partition coefficient (Wildman–Crippen LogP) is 2.76. The van der Waals surface area contributed by atoms with E-state index in [1.807, 2.05) is 0 Å². The lowest BCUT2D eigenvalue weighted by Gasteiger charge is -2.20. The number of benzene rings is 1. The van der Waals surface area contributed by atoms with Crippen LogP contribution in [0.25, 0.3) is 0 Å². The summed E-state index contributed by atoms with van der Waals surface area (Å²) in [6.45, 7) is 3.60. The van der Waals surface area contributed by atoms with Crippen molar-refractivity contribution in [2.24, 2.45) is 11.1 Å². The average molecular weight is 274 g/mol. The van der Waals surface area contributed by atoms with Crippen molar-refractivity contribution in [2.75, 3.05) is 6.54 Å². The van der Waals surface area contributed by atoms with Gasteiger partial charge in [-0.25, -0.2) is 4.39 Å². The van der Waals surface area contributed by atoms with E-state index in [2.05, 4.69) is 15.9 Å². The first-order valence-corrected chi connectivity index (χ1v) is 5.38. The maximum Gasteiger partial charge on any atom is 0.172 e. The molecule has 0 unspecified atom stereocenters. The number of Topliss-reactive ketones (excluding diaryl/α,β-unsaturated/α-hetero) is 1. The Bertz CT molecular complexity index is 390. The third-order valence-corrected chi connectivity index (χ3v) is 2.93. The Kier molecular flexibility index (Phi) is 3.62. The fraction of sp³-hybridized carbons (Fsp3) is 0.364. The lowest BCUT2D eigenvalue weighted by molar-refractivity contribution is 0.0843. The van der Waals surface area contributed by atoms with E-state index in [1.54, 1.807) is 26.0 Å². The van der Waals surface area contributed by atoms with E-state index in [-0.39, 0.29) is 17.9 Å². The van der Waals surface area contributed by atoms with Crippen molar-refractivity contribution in [1.29, 1.82) is 0 Å². The molecule has 4 heteroatoms. The van der Waals surface area contributed by atoms with Gasteiger partial charge in [0.25, 0.3) is 0 Å². The first-order valence-electron chi connectivity index (χ1n) is 4.59. The minimum absolute atomic E-state index is 0.0832. The first kappa shape index (κ1) is 12.3. The lowest BCUT2D eigenvalue weighted by atomic mass is 9.84. The number of hydrogen-bond donors (Lipinski definition) is 1. The van der Waals surface area contributed by atoms with Crippen molar-refractivity contribution in [3.63, 3.8) is 0 Å². The third kappa shape index (κ3) is 2.44. The fourth-order valence-electron chi connectivity index (χ4n) is 1.14. The molecule has 1 aromatic carbocycles. The van der Waals surface area contributed by atoms with Gasteiger partial charge in [0.1, 0.15) is 5.82 Å². The minimum atomic E-state index is -0.734. The van der Waals surface area contributed by atoms with Gasteiger partial charge >= 0.3 is 0 Å². The highest BCUT2D eigenvalue weighted by atomic mass is 79.9. The first-order chi connectivity index (χ1) is 6.90. The summed E-state index contributed by atoms with van der Waals surface area (Å²) in [6, 6.07) is 4.66. The molecule has 0 aliphatic rings. The van der Waals surface area contributed by atoms with Gasteiger partial charge in [0, 0.05) is 12.0 Å². The molecule has 0 heterocycles. The molecule has 0 radical (unpaired) electrons. The van der Waals surface area contributed by atoms with Gasteiger partial charge in [-0.2, -0.15) is 0 Å². The van der Waals surface area contributed by atoms with E-state index in [0.717, 1.165) is 0 Å². The summed E-state index contributed by atoms with van der Waals surface area (Å²) >= 11 is 3.04. The summed E-state index contributed by atoms with van der Waals surface area (Å²) in [7, 11) is 0. The molecule has 0 saturated heterocycles. The number of rotatable bonds is 3. The van der Waals surface area contributed by atoms with Gasteiger partial charge < -0.3 is 5.73 Å². The average Bonchev–Trinajstić information content (AvgIpc) is 2.21.